The second-order valence-electron chi connectivity index (χ2n) is 6.63. The third-order valence-electron chi connectivity index (χ3n) is 5.03. The number of hydrogen-bond donors (Lipinski definition) is 3. The Balaban J connectivity index is 1.42. The van der Waals surface area contributed by atoms with Gasteiger partial charge in [-0.25, -0.2) is 9.78 Å². The van der Waals surface area contributed by atoms with E-state index in [9.17, 15) is 14.4 Å². The van der Waals surface area contributed by atoms with E-state index in [1.165, 1.54) is 11.3 Å². The van der Waals surface area contributed by atoms with Crippen LogP contribution in [0.2, 0.25) is 0 Å². The van der Waals surface area contributed by atoms with Gasteiger partial charge in [-0.15, -0.1) is 22.7 Å². The van der Waals surface area contributed by atoms with Gasteiger partial charge in [0.15, 0.2) is 0 Å². The highest BCUT2D eigenvalue weighted by Gasteiger charge is 2.54. The first-order valence-corrected chi connectivity index (χ1v) is 10.2. The van der Waals surface area contributed by atoms with E-state index in [4.69, 9.17) is 0 Å². The topological polar surface area (TPSA) is 100 Å². The molecule has 7 nitrogen and oxygen atoms in total. The van der Waals surface area contributed by atoms with Gasteiger partial charge in [-0.1, -0.05) is 6.42 Å². The van der Waals surface area contributed by atoms with Crippen LogP contribution >= 0.6 is 22.7 Å². The van der Waals surface area contributed by atoms with Crippen LogP contribution in [0.1, 0.15) is 34.6 Å². The molecule has 1 spiro atoms. The van der Waals surface area contributed by atoms with E-state index < -0.39 is 11.6 Å². The number of nitrogens with one attached hydrogen (secondary N) is 3. The maximum absolute atomic E-state index is 12.5. The maximum Gasteiger partial charge on any atom is 0.322 e. The Morgan fingerprint density at radius 3 is 2.92 bits per heavy atom. The van der Waals surface area contributed by atoms with Crippen molar-refractivity contribution >= 4 is 40.5 Å². The second-order valence-corrected chi connectivity index (χ2v) is 8.60. The van der Waals surface area contributed by atoms with E-state index in [1.54, 1.807) is 11.3 Å². The summed E-state index contributed by atoms with van der Waals surface area (Å²) in [5.41, 5.74) is 0.599. The summed E-state index contributed by atoms with van der Waals surface area (Å²) in [6.45, 7) is 2.30. The van der Waals surface area contributed by atoms with Crippen LogP contribution in [0.25, 0.3) is 10.6 Å². The van der Waals surface area contributed by atoms with Crippen molar-refractivity contribution in [3.8, 4) is 10.6 Å². The van der Waals surface area contributed by atoms with Crippen molar-refractivity contribution in [2.24, 2.45) is 5.92 Å². The van der Waals surface area contributed by atoms with Crippen LogP contribution in [0, 0.1) is 12.8 Å². The van der Waals surface area contributed by atoms with Crippen LogP contribution in [0.4, 0.5) is 4.79 Å². The van der Waals surface area contributed by atoms with Gasteiger partial charge in [-0.05, 0) is 25.8 Å². The zero-order valence-electron chi connectivity index (χ0n) is 14.1. The van der Waals surface area contributed by atoms with E-state index in [0.29, 0.717) is 18.5 Å². The van der Waals surface area contributed by atoms with Crippen molar-refractivity contribution < 1.29 is 14.4 Å². The molecule has 2 fully saturated rings. The smallest absolute Gasteiger partial charge is 0.322 e. The molecule has 1 aliphatic carbocycles. The Kier molecular flexibility index (Phi) is 4.28. The molecule has 0 aromatic carbocycles. The third-order valence-corrected chi connectivity index (χ3v) is 6.76. The summed E-state index contributed by atoms with van der Waals surface area (Å²) in [6, 6.07) is 1.39. The Hall–Kier alpha value is -2.26. The lowest BCUT2D eigenvalue weighted by Gasteiger charge is -2.28. The van der Waals surface area contributed by atoms with E-state index in [2.05, 4.69) is 20.9 Å². The predicted molar refractivity (Wildman–Crippen MR) is 99.2 cm³/mol. The lowest BCUT2D eigenvalue weighted by molar-refractivity contribution is -0.125. The van der Waals surface area contributed by atoms with Gasteiger partial charge in [-0.2, -0.15) is 0 Å². The Morgan fingerprint density at radius 2 is 2.23 bits per heavy atom. The first-order chi connectivity index (χ1) is 12.5. The van der Waals surface area contributed by atoms with E-state index >= 15 is 0 Å². The summed E-state index contributed by atoms with van der Waals surface area (Å²) >= 11 is 3.06. The van der Waals surface area contributed by atoms with Gasteiger partial charge in [0.05, 0.1) is 21.1 Å². The number of urea groups is 1. The minimum Gasteiger partial charge on any atom is -0.352 e. The SMILES string of the molecule is Cc1nc(-c2cc(C(=O)NC[C@H]3CCC[C@@]34NC(=O)NC4=O)cs2)cs1. The number of rotatable bonds is 4. The zero-order valence-corrected chi connectivity index (χ0v) is 15.8. The zero-order chi connectivity index (χ0) is 18.3. The molecule has 136 valence electrons. The Labute approximate surface area is 158 Å². The van der Waals surface area contributed by atoms with Gasteiger partial charge >= 0.3 is 6.03 Å². The molecule has 2 aromatic heterocycles. The van der Waals surface area contributed by atoms with E-state index in [0.717, 1.165) is 28.4 Å². The third kappa shape index (κ3) is 2.90. The predicted octanol–water partition coefficient (Wildman–Crippen LogP) is 2.29. The number of amides is 4. The van der Waals surface area contributed by atoms with Crippen LogP contribution in [0.5, 0.6) is 0 Å². The minimum absolute atomic E-state index is 0.0998. The van der Waals surface area contributed by atoms with Crippen molar-refractivity contribution in [2.75, 3.05) is 6.54 Å². The lowest BCUT2D eigenvalue weighted by atomic mass is 9.87. The number of carbonyl (C=O) groups is 3. The number of thiophene rings is 1. The molecule has 0 unspecified atom stereocenters. The molecule has 0 bridgehead atoms. The monoisotopic (exact) mass is 390 g/mol. The maximum atomic E-state index is 12.5. The highest BCUT2D eigenvalue weighted by molar-refractivity contribution is 7.14. The van der Waals surface area contributed by atoms with Crippen LogP contribution in [-0.4, -0.2) is 34.9 Å². The molecule has 9 heteroatoms. The average Bonchev–Trinajstić information content (AvgIpc) is 3.35. The number of aryl methyl sites for hydroxylation is 1. The quantitative estimate of drug-likeness (QED) is 0.697. The molecule has 0 radical (unpaired) electrons. The number of aromatic nitrogens is 1. The fraction of sp³-hybridized carbons (Fsp3) is 0.412. The number of carbonyl (C=O) groups excluding carboxylic acids is 3. The van der Waals surface area contributed by atoms with Gasteiger partial charge in [0.2, 0.25) is 0 Å². The molecular formula is C17H18N4O3S2. The largest absolute Gasteiger partial charge is 0.352 e. The molecule has 4 rings (SSSR count). The first-order valence-electron chi connectivity index (χ1n) is 8.41. The normalized spacial score (nSPS) is 24.7. The van der Waals surface area contributed by atoms with Gasteiger partial charge in [0.1, 0.15) is 5.54 Å². The molecular weight excluding hydrogens is 372 g/mol. The van der Waals surface area contributed by atoms with Crippen molar-refractivity contribution in [3.63, 3.8) is 0 Å². The van der Waals surface area contributed by atoms with Crippen molar-refractivity contribution in [1.29, 1.82) is 0 Å². The number of thiazole rings is 1. The van der Waals surface area contributed by atoms with Crippen LogP contribution in [0.15, 0.2) is 16.8 Å². The fourth-order valence-electron chi connectivity index (χ4n) is 3.71. The van der Waals surface area contributed by atoms with Gasteiger partial charge in [-0.3, -0.25) is 14.9 Å². The minimum atomic E-state index is -0.873. The average molecular weight is 390 g/mol. The van der Waals surface area contributed by atoms with E-state index in [-0.39, 0.29) is 17.7 Å². The van der Waals surface area contributed by atoms with Crippen LogP contribution < -0.4 is 16.0 Å². The van der Waals surface area contributed by atoms with Crippen molar-refractivity contribution in [1.82, 2.24) is 20.9 Å². The first kappa shape index (κ1) is 17.2. The molecule has 2 aromatic rings. The summed E-state index contributed by atoms with van der Waals surface area (Å²) in [5, 5.41) is 12.8. The standard InChI is InChI=1S/C17H18N4O3S2/c1-9-19-12(8-25-9)13-5-10(7-26-13)14(22)18-6-11-3-2-4-17(11)15(23)20-16(24)21-17/h5,7-8,11H,2-4,6H2,1H3,(H,18,22)(H2,20,21,23,24)/t11-,17-/m1/s1. The van der Waals surface area contributed by atoms with Gasteiger partial charge < -0.3 is 10.6 Å². The van der Waals surface area contributed by atoms with Crippen LogP contribution in [-0.2, 0) is 4.79 Å². The fourth-order valence-corrected chi connectivity index (χ4v) is 5.24. The van der Waals surface area contributed by atoms with E-state index in [1.807, 2.05) is 23.8 Å². The summed E-state index contributed by atoms with van der Waals surface area (Å²) in [5.74, 6) is -0.556. The highest BCUT2D eigenvalue weighted by Crippen LogP contribution is 2.37. The molecule has 3 N–H and O–H groups in total. The molecule has 2 atom stereocenters. The summed E-state index contributed by atoms with van der Waals surface area (Å²) in [4.78, 5) is 41.6. The molecule has 1 aliphatic heterocycles. The molecule has 2 aliphatic rings. The number of hydrogen-bond acceptors (Lipinski definition) is 6. The summed E-state index contributed by atoms with van der Waals surface area (Å²) in [7, 11) is 0. The Morgan fingerprint density at radius 1 is 1.38 bits per heavy atom. The Bertz CT molecular complexity index is 890. The highest BCUT2D eigenvalue weighted by atomic mass is 32.1. The molecule has 26 heavy (non-hydrogen) atoms. The van der Waals surface area contributed by atoms with Gasteiger partial charge in [0, 0.05) is 23.2 Å². The summed E-state index contributed by atoms with van der Waals surface area (Å²) < 4.78 is 0. The second kappa shape index (κ2) is 6.48. The molecule has 1 saturated carbocycles. The molecule has 3 heterocycles. The number of nitrogens with zero attached hydrogens (tertiary/aromatic N) is 1. The van der Waals surface area contributed by atoms with Crippen LogP contribution in [0.3, 0.4) is 0 Å². The van der Waals surface area contributed by atoms with Gasteiger partial charge in [0.25, 0.3) is 11.8 Å². The van der Waals surface area contributed by atoms with Crippen molar-refractivity contribution in [2.45, 2.75) is 31.7 Å². The lowest BCUT2D eigenvalue weighted by Crippen LogP contribution is -2.53. The molecule has 1 saturated heterocycles. The summed E-state index contributed by atoms with van der Waals surface area (Å²) in [6.07, 6.45) is 2.25. The number of imide groups is 1. The molecule has 4 amide bonds. The van der Waals surface area contributed by atoms with Crippen molar-refractivity contribution in [3.05, 3.63) is 27.4 Å².